The van der Waals surface area contributed by atoms with Gasteiger partial charge in [-0.25, -0.2) is 5.01 Å². The summed E-state index contributed by atoms with van der Waals surface area (Å²) in [6.45, 7) is 7.27. The lowest BCUT2D eigenvalue weighted by atomic mass is 9.66. The number of rotatable bonds is 4. The standard InChI is InChI=1S/C21H27F3N2O/c1-14(2)11-20(10-9-15-7-5-6-8-16(15)12-20)17(21(22,23)24)26-13-19(3,4)18(27)25-26/h5-10,14,17H,11-13H2,1-4H3,(H,25,27). The van der Waals surface area contributed by atoms with Gasteiger partial charge in [-0.05, 0) is 43.7 Å². The maximum absolute atomic E-state index is 14.4. The van der Waals surface area contributed by atoms with Crippen LogP contribution in [0.25, 0.3) is 6.08 Å². The molecule has 3 rings (SSSR count). The molecule has 1 heterocycles. The number of nitrogens with one attached hydrogen (secondary N) is 1. The lowest BCUT2D eigenvalue weighted by Gasteiger charge is -2.46. The van der Waals surface area contributed by atoms with E-state index in [1.165, 1.54) is 0 Å². The maximum Gasteiger partial charge on any atom is 0.406 e. The van der Waals surface area contributed by atoms with Crippen molar-refractivity contribution in [2.24, 2.45) is 16.7 Å². The van der Waals surface area contributed by atoms with Gasteiger partial charge in [-0.1, -0.05) is 50.3 Å². The van der Waals surface area contributed by atoms with E-state index in [1.807, 2.05) is 44.2 Å². The van der Waals surface area contributed by atoms with Gasteiger partial charge < -0.3 is 0 Å². The van der Waals surface area contributed by atoms with Crippen molar-refractivity contribution in [3.8, 4) is 0 Å². The van der Waals surface area contributed by atoms with Crippen molar-refractivity contribution < 1.29 is 18.0 Å². The van der Waals surface area contributed by atoms with Crippen LogP contribution in [0.15, 0.2) is 30.3 Å². The molecule has 1 fully saturated rings. The van der Waals surface area contributed by atoms with Crippen LogP contribution in [0, 0.1) is 16.7 Å². The Balaban J connectivity index is 2.08. The van der Waals surface area contributed by atoms with Crippen LogP contribution in [-0.2, 0) is 11.2 Å². The first-order valence-electron chi connectivity index (χ1n) is 9.36. The van der Waals surface area contributed by atoms with Gasteiger partial charge in [0.15, 0.2) is 0 Å². The Morgan fingerprint density at radius 3 is 2.44 bits per heavy atom. The molecule has 148 valence electrons. The lowest BCUT2D eigenvalue weighted by molar-refractivity contribution is -0.216. The Morgan fingerprint density at radius 2 is 1.89 bits per heavy atom. The van der Waals surface area contributed by atoms with Crippen LogP contribution >= 0.6 is 0 Å². The topological polar surface area (TPSA) is 32.3 Å². The van der Waals surface area contributed by atoms with Crippen molar-refractivity contribution in [3.05, 3.63) is 41.5 Å². The average molecular weight is 380 g/mol. The first-order chi connectivity index (χ1) is 12.4. The summed E-state index contributed by atoms with van der Waals surface area (Å²) in [6.07, 6.45) is -0.253. The lowest BCUT2D eigenvalue weighted by Crippen LogP contribution is -2.59. The largest absolute Gasteiger partial charge is 0.406 e. The molecule has 0 spiro atoms. The van der Waals surface area contributed by atoms with E-state index in [0.717, 1.165) is 16.1 Å². The third-order valence-electron chi connectivity index (χ3n) is 5.55. The molecule has 0 aromatic heterocycles. The third kappa shape index (κ3) is 3.77. The highest BCUT2D eigenvalue weighted by Gasteiger charge is 2.59. The summed E-state index contributed by atoms with van der Waals surface area (Å²) in [5.74, 6) is -0.285. The van der Waals surface area contributed by atoms with Crippen molar-refractivity contribution in [1.29, 1.82) is 0 Å². The zero-order valence-corrected chi connectivity index (χ0v) is 16.2. The van der Waals surface area contributed by atoms with Crippen molar-refractivity contribution in [1.82, 2.24) is 10.4 Å². The fourth-order valence-corrected chi connectivity index (χ4v) is 4.51. The van der Waals surface area contributed by atoms with Crippen LogP contribution < -0.4 is 5.43 Å². The Bertz CT molecular complexity index is 754. The highest BCUT2D eigenvalue weighted by molar-refractivity contribution is 5.83. The summed E-state index contributed by atoms with van der Waals surface area (Å²) in [5, 5.41) is 1.13. The molecule has 1 aliphatic heterocycles. The number of fused-ring (bicyclic) bond motifs is 1. The first-order valence-corrected chi connectivity index (χ1v) is 9.36. The number of nitrogens with zero attached hydrogens (tertiary/aromatic N) is 1. The fourth-order valence-electron chi connectivity index (χ4n) is 4.51. The molecule has 0 saturated carbocycles. The van der Waals surface area contributed by atoms with Crippen LogP contribution in [-0.4, -0.2) is 29.7 Å². The highest BCUT2D eigenvalue weighted by atomic mass is 19.4. The van der Waals surface area contributed by atoms with Crippen molar-refractivity contribution in [2.45, 2.75) is 52.8 Å². The molecule has 27 heavy (non-hydrogen) atoms. The van der Waals surface area contributed by atoms with Gasteiger partial charge in [-0.3, -0.25) is 10.2 Å². The van der Waals surface area contributed by atoms with Crippen molar-refractivity contribution >= 4 is 12.0 Å². The number of hydrazine groups is 1. The average Bonchev–Trinajstić information content (AvgIpc) is 2.77. The molecular formula is C21H27F3N2O. The molecule has 0 radical (unpaired) electrons. The van der Waals surface area contributed by atoms with E-state index in [0.29, 0.717) is 12.8 Å². The molecule has 3 nitrogen and oxygen atoms in total. The fraction of sp³-hybridized carbons (Fsp3) is 0.571. The number of hydrogen-bond acceptors (Lipinski definition) is 2. The molecular weight excluding hydrogens is 353 g/mol. The predicted molar refractivity (Wildman–Crippen MR) is 99.5 cm³/mol. The van der Waals surface area contributed by atoms with E-state index in [2.05, 4.69) is 5.43 Å². The number of carbonyl (C=O) groups excluding carboxylic acids is 1. The minimum absolute atomic E-state index is 0.0331. The molecule has 6 heteroatoms. The van der Waals surface area contributed by atoms with Gasteiger partial charge >= 0.3 is 6.18 Å². The van der Waals surface area contributed by atoms with Crippen LogP contribution in [0.5, 0.6) is 0 Å². The molecule has 1 saturated heterocycles. The third-order valence-corrected chi connectivity index (χ3v) is 5.55. The van der Waals surface area contributed by atoms with E-state index in [-0.39, 0.29) is 18.4 Å². The number of benzene rings is 1. The van der Waals surface area contributed by atoms with Gasteiger partial charge in [0.25, 0.3) is 0 Å². The molecule has 1 aromatic carbocycles. The SMILES string of the molecule is CC(C)CC1(C(N2CC(C)(C)C(=O)N2)C(F)(F)F)C=Cc2ccccc2C1. The maximum atomic E-state index is 14.4. The smallest absolute Gasteiger partial charge is 0.288 e. The van der Waals surface area contributed by atoms with Crippen LogP contribution in [0.3, 0.4) is 0 Å². The summed E-state index contributed by atoms with van der Waals surface area (Å²) in [6, 6.07) is 5.80. The number of hydrogen-bond donors (Lipinski definition) is 1. The van der Waals surface area contributed by atoms with E-state index >= 15 is 0 Å². The highest BCUT2D eigenvalue weighted by Crippen LogP contribution is 2.49. The van der Waals surface area contributed by atoms with Gasteiger partial charge in [-0.2, -0.15) is 13.2 Å². The molecule has 1 aliphatic carbocycles. The summed E-state index contributed by atoms with van der Waals surface area (Å²) < 4.78 is 43.1. The zero-order valence-electron chi connectivity index (χ0n) is 16.2. The van der Waals surface area contributed by atoms with Gasteiger partial charge in [0.2, 0.25) is 5.91 Å². The normalized spacial score (nSPS) is 26.1. The quantitative estimate of drug-likeness (QED) is 0.828. The Morgan fingerprint density at radius 1 is 1.22 bits per heavy atom. The minimum Gasteiger partial charge on any atom is -0.288 e. The molecule has 1 aromatic rings. The van der Waals surface area contributed by atoms with E-state index in [9.17, 15) is 18.0 Å². The number of alkyl halides is 3. The second-order valence-corrected chi connectivity index (χ2v) is 8.94. The first kappa shape index (κ1) is 19.9. The summed E-state index contributed by atoms with van der Waals surface area (Å²) in [5.41, 5.74) is 2.41. The van der Waals surface area contributed by atoms with E-state index in [4.69, 9.17) is 0 Å². The number of halogens is 3. The van der Waals surface area contributed by atoms with Gasteiger partial charge in [0, 0.05) is 12.0 Å². The predicted octanol–water partition coefficient (Wildman–Crippen LogP) is 4.59. The Hall–Kier alpha value is -1.82. The van der Waals surface area contributed by atoms with E-state index < -0.39 is 23.0 Å². The summed E-state index contributed by atoms with van der Waals surface area (Å²) >= 11 is 0. The molecule has 1 amide bonds. The van der Waals surface area contributed by atoms with Crippen molar-refractivity contribution in [2.75, 3.05) is 6.54 Å². The monoisotopic (exact) mass is 380 g/mol. The van der Waals surface area contributed by atoms with Gasteiger partial charge in [-0.15, -0.1) is 0 Å². The van der Waals surface area contributed by atoms with Crippen LogP contribution in [0.2, 0.25) is 0 Å². The van der Waals surface area contributed by atoms with Gasteiger partial charge in [0.1, 0.15) is 6.04 Å². The van der Waals surface area contributed by atoms with Crippen LogP contribution in [0.1, 0.15) is 45.2 Å². The van der Waals surface area contributed by atoms with Crippen LogP contribution in [0.4, 0.5) is 13.2 Å². The number of amides is 1. The second kappa shape index (κ2) is 6.66. The van der Waals surface area contributed by atoms with E-state index in [1.54, 1.807) is 19.9 Å². The molecule has 2 atom stereocenters. The minimum atomic E-state index is -4.47. The molecule has 2 unspecified atom stereocenters. The molecule has 2 aliphatic rings. The summed E-state index contributed by atoms with van der Waals surface area (Å²) in [7, 11) is 0. The molecule has 1 N–H and O–H groups in total. The number of carbonyl (C=O) groups is 1. The second-order valence-electron chi connectivity index (χ2n) is 8.94. The summed E-state index contributed by atoms with van der Waals surface area (Å²) in [4.78, 5) is 12.2. The van der Waals surface area contributed by atoms with Gasteiger partial charge in [0.05, 0.1) is 5.41 Å². The van der Waals surface area contributed by atoms with Crippen molar-refractivity contribution in [3.63, 3.8) is 0 Å². The molecule has 0 bridgehead atoms. The Kier molecular flexibility index (Phi) is 4.91. The Labute approximate surface area is 158 Å². The zero-order chi connectivity index (χ0) is 20.0.